The molecule has 0 aromatic carbocycles. The summed E-state index contributed by atoms with van der Waals surface area (Å²) in [6.45, 7) is 9.98. The molecule has 0 radical (unpaired) electrons. The molecule has 1 aliphatic heterocycles. The first-order valence-electron chi connectivity index (χ1n) is 5.42. The molecule has 0 bridgehead atoms. The molecule has 0 saturated heterocycles. The largest absolute Gasteiger partial charge is 0.294 e. The molecule has 2 unspecified atom stereocenters. The third-order valence-corrected chi connectivity index (χ3v) is 2.89. The zero-order chi connectivity index (χ0) is 10.7. The first kappa shape index (κ1) is 11.4. The Morgan fingerprint density at radius 1 is 1.43 bits per heavy atom. The van der Waals surface area contributed by atoms with Gasteiger partial charge in [0.15, 0.2) is 5.78 Å². The van der Waals surface area contributed by atoms with E-state index in [1.807, 2.05) is 6.92 Å². The predicted molar refractivity (Wildman–Crippen MR) is 58.9 cm³/mol. The van der Waals surface area contributed by atoms with E-state index in [1.165, 1.54) is 0 Å². The van der Waals surface area contributed by atoms with Gasteiger partial charge in [-0.15, -0.1) is 0 Å². The van der Waals surface area contributed by atoms with Crippen molar-refractivity contribution in [3.8, 4) is 0 Å². The van der Waals surface area contributed by atoms with Gasteiger partial charge in [0.2, 0.25) is 0 Å². The molecule has 3 heteroatoms. The zero-order valence-corrected chi connectivity index (χ0v) is 9.58. The fraction of sp³-hybridized carbons (Fsp3) is 0.818. The summed E-state index contributed by atoms with van der Waals surface area (Å²) in [5, 5.41) is 0. The predicted octanol–water partition coefficient (Wildman–Crippen LogP) is 1.52. The molecule has 0 aromatic rings. The van der Waals surface area contributed by atoms with E-state index < -0.39 is 0 Å². The van der Waals surface area contributed by atoms with Crippen LogP contribution in [-0.4, -0.2) is 41.6 Å². The number of ketones is 1. The maximum absolute atomic E-state index is 11.9. The van der Waals surface area contributed by atoms with Crippen molar-refractivity contribution in [2.75, 3.05) is 13.1 Å². The van der Waals surface area contributed by atoms with Crippen molar-refractivity contribution in [1.29, 1.82) is 0 Å². The van der Waals surface area contributed by atoms with Crippen molar-refractivity contribution >= 4 is 11.5 Å². The standard InChI is InChI=1S/C11H20N2O/c1-5-13(6-2)10-7-8(3)12-9(4)11(10)14/h8,10H,5-7H2,1-4H3. The quantitative estimate of drug-likeness (QED) is 0.685. The van der Waals surface area contributed by atoms with Crippen LogP contribution >= 0.6 is 0 Å². The Hall–Kier alpha value is -0.700. The molecular formula is C11H20N2O. The van der Waals surface area contributed by atoms with Crippen molar-refractivity contribution < 1.29 is 4.79 Å². The van der Waals surface area contributed by atoms with Gasteiger partial charge in [0.25, 0.3) is 0 Å². The molecule has 0 amide bonds. The van der Waals surface area contributed by atoms with Gasteiger partial charge in [-0.3, -0.25) is 14.7 Å². The summed E-state index contributed by atoms with van der Waals surface area (Å²) in [5.74, 6) is 0.215. The van der Waals surface area contributed by atoms with Crippen LogP contribution < -0.4 is 0 Å². The first-order valence-corrected chi connectivity index (χ1v) is 5.42. The number of rotatable bonds is 3. The van der Waals surface area contributed by atoms with Crippen LogP contribution in [-0.2, 0) is 4.79 Å². The number of likely N-dealkylation sites (N-methyl/N-ethyl adjacent to an activating group) is 1. The molecule has 80 valence electrons. The van der Waals surface area contributed by atoms with Gasteiger partial charge in [0.1, 0.15) is 0 Å². The molecule has 0 spiro atoms. The monoisotopic (exact) mass is 196 g/mol. The van der Waals surface area contributed by atoms with Crippen LogP contribution in [0, 0.1) is 0 Å². The molecule has 0 fully saturated rings. The third-order valence-electron chi connectivity index (χ3n) is 2.89. The van der Waals surface area contributed by atoms with E-state index in [2.05, 4.69) is 30.7 Å². The Kier molecular flexibility index (Phi) is 3.81. The minimum Gasteiger partial charge on any atom is -0.294 e. The lowest BCUT2D eigenvalue weighted by Gasteiger charge is -2.32. The van der Waals surface area contributed by atoms with E-state index in [1.54, 1.807) is 0 Å². The molecule has 0 N–H and O–H groups in total. The number of carbonyl (C=O) groups is 1. The highest BCUT2D eigenvalue weighted by Gasteiger charge is 2.30. The minimum absolute atomic E-state index is 0.0671. The van der Waals surface area contributed by atoms with E-state index >= 15 is 0 Å². The lowest BCUT2D eigenvalue weighted by atomic mass is 9.96. The van der Waals surface area contributed by atoms with Gasteiger partial charge >= 0.3 is 0 Å². The minimum atomic E-state index is 0.0671. The number of carbonyl (C=O) groups excluding carboxylic acids is 1. The SMILES string of the molecule is CCN(CC)C1CC(C)N=C(C)C1=O. The van der Waals surface area contributed by atoms with Gasteiger partial charge in [-0.1, -0.05) is 13.8 Å². The van der Waals surface area contributed by atoms with Gasteiger partial charge in [-0.25, -0.2) is 0 Å². The Morgan fingerprint density at radius 2 is 2.00 bits per heavy atom. The lowest BCUT2D eigenvalue weighted by Crippen LogP contribution is -2.47. The number of nitrogens with zero attached hydrogens (tertiary/aromatic N) is 2. The number of Topliss-reactive ketones (excluding diaryl/α,β-unsaturated/α-hetero) is 1. The van der Waals surface area contributed by atoms with E-state index in [9.17, 15) is 4.79 Å². The average molecular weight is 196 g/mol. The molecule has 3 nitrogen and oxygen atoms in total. The van der Waals surface area contributed by atoms with E-state index in [4.69, 9.17) is 0 Å². The normalized spacial score (nSPS) is 28.1. The molecule has 1 rings (SSSR count). The summed E-state index contributed by atoms with van der Waals surface area (Å²) in [6.07, 6.45) is 0.873. The van der Waals surface area contributed by atoms with Gasteiger partial charge in [0, 0.05) is 6.04 Å². The molecule has 14 heavy (non-hydrogen) atoms. The molecule has 0 saturated carbocycles. The van der Waals surface area contributed by atoms with Crippen LogP contribution in [0.1, 0.15) is 34.1 Å². The molecule has 2 atom stereocenters. The summed E-state index contributed by atoms with van der Waals surface area (Å²) in [7, 11) is 0. The van der Waals surface area contributed by atoms with Crippen LogP contribution in [0.15, 0.2) is 4.99 Å². The summed E-state index contributed by atoms with van der Waals surface area (Å²) in [4.78, 5) is 18.4. The zero-order valence-electron chi connectivity index (χ0n) is 9.58. The summed E-state index contributed by atoms with van der Waals surface area (Å²) in [5.41, 5.74) is 0.695. The smallest absolute Gasteiger partial charge is 0.193 e. The van der Waals surface area contributed by atoms with Gasteiger partial charge < -0.3 is 0 Å². The van der Waals surface area contributed by atoms with Crippen molar-refractivity contribution in [2.45, 2.75) is 46.2 Å². The molecule has 1 aliphatic rings. The van der Waals surface area contributed by atoms with Gasteiger partial charge in [-0.2, -0.15) is 0 Å². The maximum Gasteiger partial charge on any atom is 0.193 e. The van der Waals surface area contributed by atoms with Crippen LogP contribution in [0.2, 0.25) is 0 Å². The van der Waals surface area contributed by atoms with E-state index in [-0.39, 0.29) is 11.8 Å². The van der Waals surface area contributed by atoms with Crippen molar-refractivity contribution in [3.05, 3.63) is 0 Å². The van der Waals surface area contributed by atoms with Crippen molar-refractivity contribution in [3.63, 3.8) is 0 Å². The van der Waals surface area contributed by atoms with Crippen LogP contribution in [0.4, 0.5) is 0 Å². The number of hydrogen-bond acceptors (Lipinski definition) is 3. The Morgan fingerprint density at radius 3 is 2.50 bits per heavy atom. The highest BCUT2D eigenvalue weighted by molar-refractivity contribution is 6.41. The van der Waals surface area contributed by atoms with Crippen molar-refractivity contribution in [1.82, 2.24) is 4.90 Å². The average Bonchev–Trinajstić information content (AvgIpc) is 2.15. The second-order valence-electron chi connectivity index (χ2n) is 3.90. The van der Waals surface area contributed by atoms with Crippen LogP contribution in [0.3, 0.4) is 0 Å². The van der Waals surface area contributed by atoms with E-state index in [0.717, 1.165) is 19.5 Å². The Labute approximate surface area is 86.2 Å². The molecule has 1 heterocycles. The maximum atomic E-state index is 11.9. The highest BCUT2D eigenvalue weighted by atomic mass is 16.1. The second-order valence-corrected chi connectivity index (χ2v) is 3.90. The Bertz CT molecular complexity index is 244. The van der Waals surface area contributed by atoms with Crippen LogP contribution in [0.25, 0.3) is 0 Å². The van der Waals surface area contributed by atoms with Crippen molar-refractivity contribution in [2.24, 2.45) is 4.99 Å². The van der Waals surface area contributed by atoms with Gasteiger partial charge in [-0.05, 0) is 33.4 Å². The lowest BCUT2D eigenvalue weighted by molar-refractivity contribution is -0.118. The molecule has 0 aromatic heterocycles. The number of aliphatic imine (C=N–C) groups is 1. The highest BCUT2D eigenvalue weighted by Crippen LogP contribution is 2.16. The summed E-state index contributed by atoms with van der Waals surface area (Å²) < 4.78 is 0. The third kappa shape index (κ3) is 2.21. The van der Waals surface area contributed by atoms with Crippen LogP contribution in [0.5, 0.6) is 0 Å². The molecular weight excluding hydrogens is 176 g/mol. The van der Waals surface area contributed by atoms with E-state index in [0.29, 0.717) is 11.8 Å². The summed E-state index contributed by atoms with van der Waals surface area (Å²) in [6, 6.07) is 0.357. The first-order chi connectivity index (χ1) is 6.60. The fourth-order valence-corrected chi connectivity index (χ4v) is 2.10. The van der Waals surface area contributed by atoms with Gasteiger partial charge in [0.05, 0.1) is 11.8 Å². The Balaban J connectivity index is 2.80. The topological polar surface area (TPSA) is 32.7 Å². The summed E-state index contributed by atoms with van der Waals surface area (Å²) >= 11 is 0. The second kappa shape index (κ2) is 4.69. The fourth-order valence-electron chi connectivity index (χ4n) is 2.10. The molecule has 0 aliphatic carbocycles. The number of hydrogen-bond donors (Lipinski definition) is 0.